The van der Waals surface area contributed by atoms with Crippen molar-refractivity contribution in [2.45, 2.75) is 32.9 Å². The summed E-state index contributed by atoms with van der Waals surface area (Å²) in [5, 5.41) is 3.55. The third kappa shape index (κ3) is 4.84. The van der Waals surface area contributed by atoms with Crippen molar-refractivity contribution in [2.24, 2.45) is 5.92 Å². The van der Waals surface area contributed by atoms with Crippen LogP contribution in [0.1, 0.15) is 26.8 Å². The van der Waals surface area contributed by atoms with E-state index in [2.05, 4.69) is 54.6 Å². The van der Waals surface area contributed by atoms with Gasteiger partial charge in [0.15, 0.2) is 0 Å². The average molecular weight is 268 g/mol. The maximum Gasteiger partial charge on any atom is 0.203 e. The Hall–Kier alpha value is -1.07. The summed E-state index contributed by atoms with van der Waals surface area (Å²) in [6, 6.07) is 0.660. The zero-order valence-corrected chi connectivity index (χ0v) is 13.1. The van der Waals surface area contributed by atoms with Crippen molar-refractivity contribution in [1.29, 1.82) is 0 Å². The normalized spacial score (nSPS) is 14.9. The Morgan fingerprint density at radius 2 is 2.05 bits per heavy atom. The van der Waals surface area contributed by atoms with Crippen molar-refractivity contribution in [3.05, 3.63) is 12.4 Å². The van der Waals surface area contributed by atoms with Crippen LogP contribution in [-0.2, 0) is 4.74 Å². The van der Waals surface area contributed by atoms with Crippen LogP contribution in [0.3, 0.4) is 0 Å². The Labute approximate surface area is 117 Å². The number of aromatic nitrogens is 2. The van der Waals surface area contributed by atoms with Crippen molar-refractivity contribution >= 4 is 5.95 Å². The van der Waals surface area contributed by atoms with Gasteiger partial charge in [0.2, 0.25) is 5.95 Å². The van der Waals surface area contributed by atoms with Crippen LogP contribution >= 0.6 is 0 Å². The van der Waals surface area contributed by atoms with Crippen LogP contribution in [0.2, 0.25) is 0 Å². The zero-order chi connectivity index (χ0) is 14.4. The highest BCUT2D eigenvalue weighted by molar-refractivity contribution is 5.29. The minimum absolute atomic E-state index is 0.280. The second kappa shape index (κ2) is 7.50. The molecule has 2 atom stereocenters. The van der Waals surface area contributed by atoms with Crippen molar-refractivity contribution in [3.63, 3.8) is 0 Å². The smallest absolute Gasteiger partial charge is 0.203 e. The second-order valence-electron chi connectivity index (χ2n) is 5.72. The molecule has 0 saturated carbocycles. The minimum atomic E-state index is 0.280. The lowest BCUT2D eigenvalue weighted by Gasteiger charge is -2.27. The van der Waals surface area contributed by atoms with E-state index in [4.69, 9.17) is 4.74 Å². The first-order valence-corrected chi connectivity index (χ1v) is 6.88. The topological polar surface area (TPSA) is 42.3 Å². The summed E-state index contributed by atoms with van der Waals surface area (Å²) < 4.78 is 7.35. The van der Waals surface area contributed by atoms with Gasteiger partial charge >= 0.3 is 0 Å². The lowest BCUT2D eigenvalue weighted by molar-refractivity contribution is 0.163. The molecule has 0 bridgehead atoms. The summed E-state index contributed by atoms with van der Waals surface area (Å²) in [4.78, 5) is 6.62. The summed E-state index contributed by atoms with van der Waals surface area (Å²) in [6.45, 7) is 8.26. The van der Waals surface area contributed by atoms with E-state index in [0.29, 0.717) is 18.6 Å². The van der Waals surface area contributed by atoms with E-state index in [0.717, 1.165) is 12.5 Å². The van der Waals surface area contributed by atoms with Gasteiger partial charge in [0.05, 0.1) is 12.6 Å². The van der Waals surface area contributed by atoms with Gasteiger partial charge in [-0.25, -0.2) is 4.98 Å². The average Bonchev–Trinajstić information content (AvgIpc) is 2.76. The van der Waals surface area contributed by atoms with Crippen LogP contribution in [0.15, 0.2) is 12.4 Å². The quantitative estimate of drug-likeness (QED) is 0.784. The molecule has 0 amide bonds. The highest BCUT2D eigenvalue weighted by Gasteiger charge is 2.18. The van der Waals surface area contributed by atoms with E-state index in [9.17, 15) is 0 Å². The molecule has 0 spiro atoms. The molecule has 0 aliphatic rings. The number of methoxy groups -OCH3 is 1. The van der Waals surface area contributed by atoms with Crippen LogP contribution in [0.25, 0.3) is 0 Å². The van der Waals surface area contributed by atoms with Crippen LogP contribution in [0.4, 0.5) is 5.95 Å². The van der Waals surface area contributed by atoms with Gasteiger partial charge < -0.3 is 19.5 Å². The summed E-state index contributed by atoms with van der Waals surface area (Å²) in [5.74, 6) is 1.47. The van der Waals surface area contributed by atoms with Gasteiger partial charge in [0, 0.05) is 32.1 Å². The fraction of sp³-hybridized carbons (Fsp3) is 0.786. The number of likely N-dealkylation sites (N-methyl/N-ethyl adjacent to an activating group) is 1. The molecule has 5 nitrogen and oxygen atoms in total. The van der Waals surface area contributed by atoms with Gasteiger partial charge in [-0.3, -0.25) is 0 Å². The van der Waals surface area contributed by atoms with Gasteiger partial charge in [-0.1, -0.05) is 13.8 Å². The molecule has 5 heteroatoms. The Balaban J connectivity index is 2.76. The fourth-order valence-corrected chi connectivity index (χ4v) is 2.08. The predicted octanol–water partition coefficient (Wildman–Crippen LogP) is 2.09. The molecule has 19 heavy (non-hydrogen) atoms. The van der Waals surface area contributed by atoms with E-state index in [1.807, 2.05) is 12.4 Å². The number of ether oxygens (including phenoxy) is 1. The fourth-order valence-electron chi connectivity index (χ4n) is 2.08. The van der Waals surface area contributed by atoms with Crippen molar-refractivity contribution in [1.82, 2.24) is 14.5 Å². The zero-order valence-electron chi connectivity index (χ0n) is 13.1. The number of hydrogen-bond donors (Lipinski definition) is 1. The van der Waals surface area contributed by atoms with Crippen LogP contribution in [-0.4, -0.2) is 54.8 Å². The van der Waals surface area contributed by atoms with E-state index in [-0.39, 0.29) is 6.04 Å². The Morgan fingerprint density at radius 1 is 1.37 bits per heavy atom. The number of rotatable bonds is 8. The molecule has 0 aromatic carbocycles. The summed E-state index contributed by atoms with van der Waals surface area (Å²) >= 11 is 0. The second-order valence-corrected chi connectivity index (χ2v) is 5.72. The van der Waals surface area contributed by atoms with Gasteiger partial charge in [0.25, 0.3) is 0 Å². The molecule has 0 aliphatic heterocycles. The van der Waals surface area contributed by atoms with Crippen LogP contribution in [0.5, 0.6) is 0 Å². The molecule has 0 fully saturated rings. The first-order chi connectivity index (χ1) is 8.95. The van der Waals surface area contributed by atoms with Gasteiger partial charge in [-0.05, 0) is 26.9 Å². The largest absolute Gasteiger partial charge is 0.383 e. The number of anilines is 1. The monoisotopic (exact) mass is 268 g/mol. The third-order valence-corrected chi connectivity index (χ3v) is 3.23. The molecule has 0 radical (unpaired) electrons. The van der Waals surface area contributed by atoms with Crippen molar-refractivity contribution in [3.8, 4) is 0 Å². The maximum absolute atomic E-state index is 5.21. The Bertz CT molecular complexity index is 362. The van der Waals surface area contributed by atoms with Crippen LogP contribution in [0, 0.1) is 5.92 Å². The molecular weight excluding hydrogens is 240 g/mol. The lowest BCUT2D eigenvalue weighted by Crippen LogP contribution is -2.37. The SMILES string of the molecule is COCC(C)n1ccnc1NC(CN(C)C)C(C)C. The standard InChI is InChI=1S/C14H28N4O/c1-11(2)13(9-17(4)5)16-14-15-7-8-18(14)12(3)10-19-6/h7-8,11-13H,9-10H2,1-6H3,(H,15,16). The van der Waals surface area contributed by atoms with Gasteiger partial charge in [-0.15, -0.1) is 0 Å². The maximum atomic E-state index is 5.21. The van der Waals surface area contributed by atoms with Gasteiger partial charge in [-0.2, -0.15) is 0 Å². The number of nitrogens with one attached hydrogen (secondary N) is 1. The highest BCUT2D eigenvalue weighted by Crippen LogP contribution is 2.17. The van der Waals surface area contributed by atoms with Crippen LogP contribution < -0.4 is 5.32 Å². The Kier molecular flexibility index (Phi) is 6.31. The number of imidazole rings is 1. The summed E-state index contributed by atoms with van der Waals surface area (Å²) in [7, 11) is 5.91. The van der Waals surface area contributed by atoms with E-state index < -0.39 is 0 Å². The predicted molar refractivity (Wildman–Crippen MR) is 79.6 cm³/mol. The summed E-state index contributed by atoms with van der Waals surface area (Å²) in [6.07, 6.45) is 3.83. The van der Waals surface area contributed by atoms with E-state index in [1.54, 1.807) is 7.11 Å². The molecular formula is C14H28N4O. The molecule has 1 aromatic heterocycles. The Morgan fingerprint density at radius 3 is 2.58 bits per heavy atom. The molecule has 0 saturated heterocycles. The lowest BCUT2D eigenvalue weighted by atomic mass is 10.0. The minimum Gasteiger partial charge on any atom is -0.383 e. The molecule has 2 unspecified atom stereocenters. The number of nitrogens with zero attached hydrogens (tertiary/aromatic N) is 3. The van der Waals surface area contributed by atoms with E-state index in [1.165, 1.54) is 0 Å². The van der Waals surface area contributed by atoms with Crippen molar-refractivity contribution < 1.29 is 4.74 Å². The third-order valence-electron chi connectivity index (χ3n) is 3.23. The first kappa shape index (κ1) is 16.0. The highest BCUT2D eigenvalue weighted by atomic mass is 16.5. The molecule has 1 rings (SSSR count). The first-order valence-electron chi connectivity index (χ1n) is 6.88. The summed E-state index contributed by atoms with van der Waals surface area (Å²) in [5.41, 5.74) is 0. The van der Waals surface area contributed by atoms with Gasteiger partial charge in [0.1, 0.15) is 0 Å². The molecule has 1 heterocycles. The molecule has 1 N–H and O–H groups in total. The molecule has 1 aromatic rings. The molecule has 0 aliphatic carbocycles. The molecule has 110 valence electrons. The van der Waals surface area contributed by atoms with Crippen molar-refractivity contribution in [2.75, 3.05) is 39.7 Å². The van der Waals surface area contributed by atoms with E-state index >= 15 is 0 Å². The number of hydrogen-bond acceptors (Lipinski definition) is 4.